The Kier molecular flexibility index (Phi) is 3.93. The Labute approximate surface area is 144 Å². The van der Waals surface area contributed by atoms with Crippen molar-refractivity contribution in [3.63, 3.8) is 0 Å². The molecule has 4 rings (SSSR count). The van der Waals surface area contributed by atoms with Crippen molar-refractivity contribution >= 4 is 27.9 Å². The Hall–Kier alpha value is -2.42. The minimum Gasteiger partial charge on any atom is -0.367 e. The van der Waals surface area contributed by atoms with Gasteiger partial charge in [0.2, 0.25) is 0 Å². The molecule has 5 heteroatoms. The monoisotopic (exact) mass is 335 g/mol. The number of hydrogen-bond acceptors (Lipinski definition) is 5. The molecule has 24 heavy (non-hydrogen) atoms. The zero-order chi connectivity index (χ0) is 16.5. The standard InChI is InChI=1S/C19H17N3OS/c1-13-10-22(11-18(23-13)14-6-7-24-12-14)19-15(8-20)9-21-17-5-3-2-4-16(17)19/h2-7,9,12-13,18H,10-11H2,1H3. The smallest absolute Gasteiger partial charge is 0.103 e. The van der Waals surface area contributed by atoms with Gasteiger partial charge < -0.3 is 9.64 Å². The SMILES string of the molecule is CC1CN(c2c(C#N)cnc3ccccc23)CC(c2ccsc2)O1. The van der Waals surface area contributed by atoms with Crippen LogP contribution in [0.2, 0.25) is 0 Å². The molecule has 0 amide bonds. The third-order valence-electron chi connectivity index (χ3n) is 4.36. The average molecular weight is 335 g/mol. The molecule has 1 aliphatic rings. The Bertz CT molecular complexity index is 901. The maximum Gasteiger partial charge on any atom is 0.103 e. The normalized spacial score (nSPS) is 20.9. The highest BCUT2D eigenvalue weighted by Gasteiger charge is 2.29. The van der Waals surface area contributed by atoms with Crippen molar-refractivity contribution in [2.24, 2.45) is 0 Å². The van der Waals surface area contributed by atoms with Crippen molar-refractivity contribution in [2.75, 3.05) is 18.0 Å². The molecular weight excluding hydrogens is 318 g/mol. The summed E-state index contributed by atoms with van der Waals surface area (Å²) in [5.41, 5.74) is 3.71. The lowest BCUT2D eigenvalue weighted by Gasteiger charge is -2.38. The van der Waals surface area contributed by atoms with Gasteiger partial charge in [0.1, 0.15) is 12.2 Å². The van der Waals surface area contributed by atoms with Gasteiger partial charge in [-0.2, -0.15) is 16.6 Å². The minimum absolute atomic E-state index is 0.0264. The summed E-state index contributed by atoms with van der Waals surface area (Å²) in [5, 5.41) is 14.8. The van der Waals surface area contributed by atoms with E-state index in [1.165, 1.54) is 5.56 Å². The van der Waals surface area contributed by atoms with E-state index in [0.29, 0.717) is 5.56 Å². The second-order valence-electron chi connectivity index (χ2n) is 6.05. The molecule has 1 fully saturated rings. The number of para-hydroxylation sites is 1. The second kappa shape index (κ2) is 6.23. The van der Waals surface area contributed by atoms with Crippen molar-refractivity contribution < 1.29 is 4.74 Å². The van der Waals surface area contributed by atoms with Crippen molar-refractivity contribution in [1.82, 2.24) is 4.98 Å². The molecule has 0 bridgehead atoms. The Morgan fingerprint density at radius 1 is 1.29 bits per heavy atom. The van der Waals surface area contributed by atoms with Gasteiger partial charge in [-0.15, -0.1) is 0 Å². The second-order valence-corrected chi connectivity index (χ2v) is 6.83. The van der Waals surface area contributed by atoms with Crippen molar-refractivity contribution in [1.29, 1.82) is 5.26 Å². The highest BCUT2D eigenvalue weighted by Crippen LogP contribution is 2.35. The Balaban J connectivity index is 1.80. The molecule has 0 spiro atoms. The zero-order valence-electron chi connectivity index (χ0n) is 13.3. The Morgan fingerprint density at radius 2 is 2.17 bits per heavy atom. The molecule has 0 N–H and O–H groups in total. The largest absolute Gasteiger partial charge is 0.367 e. The van der Waals surface area contributed by atoms with Crippen molar-refractivity contribution in [3.8, 4) is 6.07 Å². The van der Waals surface area contributed by atoms with Crippen LogP contribution in [0.15, 0.2) is 47.3 Å². The molecule has 3 heterocycles. The predicted molar refractivity (Wildman–Crippen MR) is 96.3 cm³/mol. The lowest BCUT2D eigenvalue weighted by molar-refractivity contribution is -0.0170. The number of ether oxygens (including phenoxy) is 1. The maximum absolute atomic E-state index is 9.58. The molecule has 3 aromatic rings. The van der Waals surface area contributed by atoms with Crippen LogP contribution in [-0.2, 0) is 4.74 Å². The van der Waals surface area contributed by atoms with Gasteiger partial charge >= 0.3 is 0 Å². The van der Waals surface area contributed by atoms with Gasteiger partial charge in [0.15, 0.2) is 0 Å². The number of anilines is 1. The third kappa shape index (κ3) is 2.64. The highest BCUT2D eigenvalue weighted by atomic mass is 32.1. The number of nitrogens with zero attached hydrogens (tertiary/aromatic N) is 3. The van der Waals surface area contributed by atoms with Crippen LogP contribution in [0.1, 0.15) is 24.2 Å². The van der Waals surface area contributed by atoms with E-state index < -0.39 is 0 Å². The fourth-order valence-electron chi connectivity index (χ4n) is 3.33. The van der Waals surface area contributed by atoms with Crippen LogP contribution in [0, 0.1) is 11.3 Å². The number of rotatable bonds is 2. The number of benzene rings is 1. The molecule has 2 atom stereocenters. The number of fused-ring (bicyclic) bond motifs is 1. The average Bonchev–Trinajstić information content (AvgIpc) is 3.15. The topological polar surface area (TPSA) is 49.2 Å². The van der Waals surface area contributed by atoms with E-state index in [1.54, 1.807) is 17.5 Å². The van der Waals surface area contributed by atoms with E-state index in [9.17, 15) is 5.26 Å². The molecule has 1 aromatic carbocycles. The van der Waals surface area contributed by atoms with Crippen molar-refractivity contribution in [3.05, 3.63) is 58.4 Å². The number of nitriles is 1. The maximum atomic E-state index is 9.58. The minimum atomic E-state index is 0.0264. The van der Waals surface area contributed by atoms with Crippen LogP contribution in [0.5, 0.6) is 0 Å². The summed E-state index contributed by atoms with van der Waals surface area (Å²) in [4.78, 5) is 6.69. The van der Waals surface area contributed by atoms with E-state index in [2.05, 4.69) is 39.7 Å². The van der Waals surface area contributed by atoms with Gasteiger partial charge in [0.05, 0.1) is 22.9 Å². The van der Waals surface area contributed by atoms with Crippen molar-refractivity contribution in [2.45, 2.75) is 19.1 Å². The number of pyridine rings is 1. The van der Waals surface area contributed by atoms with Gasteiger partial charge in [0.25, 0.3) is 0 Å². The lowest BCUT2D eigenvalue weighted by Crippen LogP contribution is -2.43. The number of morpholine rings is 1. The van der Waals surface area contributed by atoms with E-state index in [4.69, 9.17) is 4.74 Å². The molecule has 4 nitrogen and oxygen atoms in total. The number of thiophene rings is 1. The summed E-state index contributed by atoms with van der Waals surface area (Å²) in [5.74, 6) is 0. The van der Waals surface area contributed by atoms with Gasteiger partial charge in [0, 0.05) is 24.7 Å². The molecule has 0 saturated carbocycles. The number of aromatic nitrogens is 1. The molecule has 0 aliphatic carbocycles. The van der Waals surface area contributed by atoms with Gasteiger partial charge in [-0.1, -0.05) is 18.2 Å². The summed E-state index contributed by atoms with van der Waals surface area (Å²) in [7, 11) is 0. The van der Waals surface area contributed by atoms with Crippen LogP contribution in [0.4, 0.5) is 5.69 Å². The first-order valence-corrected chi connectivity index (χ1v) is 8.91. The molecule has 2 aromatic heterocycles. The van der Waals surface area contributed by atoms with Crippen LogP contribution in [0.25, 0.3) is 10.9 Å². The van der Waals surface area contributed by atoms with E-state index in [-0.39, 0.29) is 12.2 Å². The third-order valence-corrected chi connectivity index (χ3v) is 5.06. The first-order chi connectivity index (χ1) is 11.8. The molecule has 1 saturated heterocycles. The van der Waals surface area contributed by atoms with Crippen LogP contribution in [-0.4, -0.2) is 24.2 Å². The highest BCUT2D eigenvalue weighted by molar-refractivity contribution is 7.07. The van der Waals surface area contributed by atoms with E-state index in [0.717, 1.165) is 29.7 Å². The quantitative estimate of drug-likeness (QED) is 0.706. The van der Waals surface area contributed by atoms with Gasteiger partial charge in [-0.25, -0.2) is 0 Å². The van der Waals surface area contributed by atoms with E-state index >= 15 is 0 Å². The Morgan fingerprint density at radius 3 is 2.96 bits per heavy atom. The zero-order valence-corrected chi connectivity index (χ0v) is 14.2. The first kappa shape index (κ1) is 15.1. The summed E-state index contributed by atoms with van der Waals surface area (Å²) >= 11 is 1.68. The molecule has 1 aliphatic heterocycles. The lowest BCUT2D eigenvalue weighted by atomic mass is 10.0. The summed E-state index contributed by atoms with van der Waals surface area (Å²) in [6.07, 6.45) is 1.80. The first-order valence-electron chi connectivity index (χ1n) is 7.96. The summed E-state index contributed by atoms with van der Waals surface area (Å²) in [6, 6.07) is 12.4. The van der Waals surface area contributed by atoms with Gasteiger partial charge in [-0.3, -0.25) is 4.98 Å². The fraction of sp³-hybridized carbons (Fsp3) is 0.263. The predicted octanol–water partition coefficient (Wildman–Crippen LogP) is 4.13. The molecule has 0 radical (unpaired) electrons. The van der Waals surface area contributed by atoms with Crippen LogP contribution in [0.3, 0.4) is 0 Å². The van der Waals surface area contributed by atoms with Crippen LogP contribution < -0.4 is 4.90 Å². The van der Waals surface area contributed by atoms with Crippen LogP contribution >= 0.6 is 11.3 Å². The summed E-state index contributed by atoms with van der Waals surface area (Å²) < 4.78 is 6.13. The summed E-state index contributed by atoms with van der Waals surface area (Å²) in [6.45, 7) is 3.59. The molecule has 2 unspecified atom stereocenters. The molecule has 120 valence electrons. The van der Waals surface area contributed by atoms with Gasteiger partial charge in [-0.05, 0) is 35.4 Å². The van der Waals surface area contributed by atoms with E-state index in [1.807, 2.05) is 24.3 Å². The number of hydrogen-bond donors (Lipinski definition) is 0. The molecular formula is C19H17N3OS. The fourth-order valence-corrected chi connectivity index (χ4v) is 4.03.